The van der Waals surface area contributed by atoms with Gasteiger partial charge in [-0.15, -0.1) is 0 Å². The maximum Gasteiger partial charge on any atom is 0.257 e. The fourth-order valence-electron chi connectivity index (χ4n) is 2.11. The number of fused-ring (bicyclic) bond motifs is 1. The molecule has 0 bridgehead atoms. The number of halogens is 1. The van der Waals surface area contributed by atoms with E-state index in [9.17, 15) is 9.18 Å². The lowest BCUT2D eigenvalue weighted by molar-refractivity contribution is 0.102. The predicted octanol–water partition coefficient (Wildman–Crippen LogP) is 2.83. The third kappa shape index (κ3) is 2.21. The maximum absolute atomic E-state index is 13.7. The molecule has 2 N–H and O–H groups in total. The van der Waals surface area contributed by atoms with Gasteiger partial charge in [0.05, 0.1) is 6.20 Å². The summed E-state index contributed by atoms with van der Waals surface area (Å²) in [6.07, 6.45) is 1.32. The van der Waals surface area contributed by atoms with Crippen LogP contribution in [0.25, 0.3) is 10.8 Å². The molecule has 1 aromatic heterocycles. The molecule has 0 aliphatic heterocycles. The second kappa shape index (κ2) is 5.06. The van der Waals surface area contributed by atoms with Crippen LogP contribution in [0.2, 0.25) is 0 Å². The molecule has 0 aliphatic rings. The number of hydrogen-bond donors (Lipinski definition) is 2. The highest BCUT2D eigenvalue weighted by Crippen LogP contribution is 2.23. The second-order valence-corrected chi connectivity index (χ2v) is 4.37. The summed E-state index contributed by atoms with van der Waals surface area (Å²) in [4.78, 5) is 12.3. The van der Waals surface area contributed by atoms with Crippen LogP contribution in [0.15, 0.2) is 42.6 Å². The third-order valence-corrected chi connectivity index (χ3v) is 3.11. The number of amides is 1. The van der Waals surface area contributed by atoms with Crippen LogP contribution in [0.3, 0.4) is 0 Å². The summed E-state index contributed by atoms with van der Waals surface area (Å²) in [6, 6.07) is 11.3. The Hall–Kier alpha value is -3.20. The molecule has 2 aromatic carbocycles. The van der Waals surface area contributed by atoms with Gasteiger partial charge in [0.15, 0.2) is 0 Å². The average Bonchev–Trinajstić information content (AvgIpc) is 2.95. The van der Waals surface area contributed by atoms with E-state index in [-0.39, 0.29) is 17.2 Å². The highest BCUT2D eigenvalue weighted by atomic mass is 19.1. The molecule has 0 unspecified atom stereocenters. The lowest BCUT2D eigenvalue weighted by Gasteiger charge is -2.07. The Kier molecular flexibility index (Phi) is 3.09. The molecule has 0 atom stereocenters. The molecule has 3 rings (SSSR count). The van der Waals surface area contributed by atoms with Crippen LogP contribution in [0.4, 0.5) is 10.2 Å². The van der Waals surface area contributed by atoms with Gasteiger partial charge in [-0.3, -0.25) is 9.89 Å². The number of aromatic nitrogens is 2. The molecule has 5 nitrogen and oxygen atoms in total. The smallest absolute Gasteiger partial charge is 0.257 e. The standard InChI is InChI=1S/C15H9FN4O/c16-13-6-5-12(10-3-1-2-4-11(10)13)15(21)19-14-9(7-17)8-18-20-14/h1-6,8H,(H2,18,19,20,21). The van der Waals surface area contributed by atoms with E-state index in [1.165, 1.54) is 18.3 Å². The molecule has 1 heterocycles. The summed E-state index contributed by atoms with van der Waals surface area (Å²) in [5.41, 5.74) is 0.556. The van der Waals surface area contributed by atoms with Crippen molar-refractivity contribution in [2.45, 2.75) is 0 Å². The molecule has 0 spiro atoms. The van der Waals surface area contributed by atoms with Crippen LogP contribution < -0.4 is 5.32 Å². The molecular formula is C15H9FN4O. The Balaban J connectivity index is 2.03. The average molecular weight is 280 g/mol. The van der Waals surface area contributed by atoms with Crippen molar-refractivity contribution in [3.63, 3.8) is 0 Å². The first-order valence-corrected chi connectivity index (χ1v) is 6.13. The zero-order chi connectivity index (χ0) is 14.8. The van der Waals surface area contributed by atoms with E-state index in [1.54, 1.807) is 24.3 Å². The fourth-order valence-corrected chi connectivity index (χ4v) is 2.11. The van der Waals surface area contributed by atoms with Crippen LogP contribution in [-0.4, -0.2) is 16.1 Å². The Morgan fingerprint density at radius 2 is 2.00 bits per heavy atom. The Morgan fingerprint density at radius 3 is 2.76 bits per heavy atom. The van der Waals surface area contributed by atoms with Gasteiger partial charge >= 0.3 is 0 Å². The largest absolute Gasteiger partial charge is 0.306 e. The van der Waals surface area contributed by atoms with Crippen molar-refractivity contribution in [1.82, 2.24) is 10.2 Å². The summed E-state index contributed by atoms with van der Waals surface area (Å²) in [7, 11) is 0. The molecule has 0 saturated carbocycles. The van der Waals surface area contributed by atoms with E-state index in [4.69, 9.17) is 5.26 Å². The van der Waals surface area contributed by atoms with Crippen LogP contribution >= 0.6 is 0 Å². The van der Waals surface area contributed by atoms with Crippen molar-refractivity contribution >= 4 is 22.5 Å². The van der Waals surface area contributed by atoms with Crippen molar-refractivity contribution < 1.29 is 9.18 Å². The van der Waals surface area contributed by atoms with E-state index in [0.717, 1.165) is 0 Å². The monoisotopic (exact) mass is 280 g/mol. The SMILES string of the molecule is N#Cc1cn[nH]c1NC(=O)c1ccc(F)c2ccccc12. The number of hydrogen-bond acceptors (Lipinski definition) is 3. The van der Waals surface area contributed by atoms with Gasteiger partial charge in [0.2, 0.25) is 0 Å². The van der Waals surface area contributed by atoms with E-state index < -0.39 is 5.91 Å². The lowest BCUT2D eigenvalue weighted by Crippen LogP contribution is -2.13. The Labute approximate surface area is 119 Å². The molecule has 1 amide bonds. The van der Waals surface area contributed by atoms with Gasteiger partial charge in [-0.25, -0.2) is 4.39 Å². The topological polar surface area (TPSA) is 81.6 Å². The van der Waals surface area contributed by atoms with E-state index in [1.807, 2.05) is 6.07 Å². The predicted molar refractivity (Wildman–Crippen MR) is 75.2 cm³/mol. The molecular weight excluding hydrogens is 271 g/mol. The van der Waals surface area contributed by atoms with Gasteiger partial charge in [0, 0.05) is 10.9 Å². The van der Waals surface area contributed by atoms with Crippen molar-refractivity contribution in [1.29, 1.82) is 5.26 Å². The first-order valence-electron chi connectivity index (χ1n) is 6.13. The van der Waals surface area contributed by atoms with Gasteiger partial charge < -0.3 is 5.32 Å². The van der Waals surface area contributed by atoms with Crippen molar-refractivity contribution in [2.75, 3.05) is 5.32 Å². The van der Waals surface area contributed by atoms with Crippen LogP contribution in [0, 0.1) is 17.1 Å². The number of rotatable bonds is 2. The van der Waals surface area contributed by atoms with E-state index >= 15 is 0 Å². The first kappa shape index (κ1) is 12.8. The van der Waals surface area contributed by atoms with Gasteiger partial charge in [0.1, 0.15) is 23.3 Å². The number of carbonyl (C=O) groups is 1. The van der Waals surface area contributed by atoms with E-state index in [0.29, 0.717) is 16.3 Å². The number of anilines is 1. The summed E-state index contributed by atoms with van der Waals surface area (Å²) in [6.45, 7) is 0. The minimum absolute atomic E-state index is 0.218. The third-order valence-electron chi connectivity index (χ3n) is 3.11. The number of carbonyl (C=O) groups excluding carboxylic acids is 1. The van der Waals surface area contributed by atoms with Gasteiger partial charge in [-0.1, -0.05) is 24.3 Å². The normalized spacial score (nSPS) is 10.3. The minimum Gasteiger partial charge on any atom is -0.306 e. The number of nitrogens with one attached hydrogen (secondary N) is 2. The number of nitriles is 1. The molecule has 6 heteroatoms. The summed E-state index contributed by atoms with van der Waals surface area (Å²) in [5.74, 6) is -0.607. The highest BCUT2D eigenvalue weighted by molar-refractivity contribution is 6.13. The quantitative estimate of drug-likeness (QED) is 0.757. The molecule has 0 aliphatic carbocycles. The van der Waals surface area contributed by atoms with Crippen LogP contribution in [0.1, 0.15) is 15.9 Å². The lowest BCUT2D eigenvalue weighted by atomic mass is 10.0. The summed E-state index contributed by atoms with van der Waals surface area (Å²) < 4.78 is 13.7. The molecule has 21 heavy (non-hydrogen) atoms. The second-order valence-electron chi connectivity index (χ2n) is 4.37. The molecule has 102 valence electrons. The Bertz CT molecular complexity index is 879. The number of nitrogens with zero attached hydrogens (tertiary/aromatic N) is 2. The maximum atomic E-state index is 13.7. The zero-order valence-electron chi connectivity index (χ0n) is 10.7. The number of H-pyrrole nitrogens is 1. The van der Waals surface area contributed by atoms with Gasteiger partial charge in [-0.05, 0) is 17.5 Å². The Morgan fingerprint density at radius 1 is 1.24 bits per heavy atom. The minimum atomic E-state index is -0.438. The number of benzene rings is 2. The molecule has 0 radical (unpaired) electrons. The number of aromatic amines is 1. The molecule has 0 saturated heterocycles. The van der Waals surface area contributed by atoms with Crippen LogP contribution in [0.5, 0.6) is 0 Å². The summed E-state index contributed by atoms with van der Waals surface area (Å²) in [5, 5.41) is 18.6. The highest BCUT2D eigenvalue weighted by Gasteiger charge is 2.14. The van der Waals surface area contributed by atoms with Crippen molar-refractivity contribution in [3.8, 4) is 6.07 Å². The summed E-state index contributed by atoms with van der Waals surface area (Å²) >= 11 is 0. The first-order chi connectivity index (χ1) is 10.2. The van der Waals surface area contributed by atoms with Crippen LogP contribution in [-0.2, 0) is 0 Å². The van der Waals surface area contributed by atoms with Crippen molar-refractivity contribution in [3.05, 3.63) is 59.5 Å². The fraction of sp³-hybridized carbons (Fsp3) is 0. The molecule has 3 aromatic rings. The van der Waals surface area contributed by atoms with Gasteiger partial charge in [0.25, 0.3) is 5.91 Å². The van der Waals surface area contributed by atoms with Gasteiger partial charge in [-0.2, -0.15) is 10.4 Å². The van der Waals surface area contributed by atoms with E-state index in [2.05, 4.69) is 15.5 Å². The molecule has 0 fully saturated rings. The van der Waals surface area contributed by atoms with Crippen molar-refractivity contribution in [2.24, 2.45) is 0 Å². The zero-order valence-corrected chi connectivity index (χ0v) is 10.7.